The molecule has 0 fully saturated rings. The molecule has 5 heavy (non-hydrogen) atoms. The molecule has 6 N–H and O–H groups in total. The van der Waals surface area contributed by atoms with Crippen LogP contribution >= 0.6 is 0 Å². The Morgan fingerprint density at radius 1 is 0.600 bits per heavy atom. The van der Waals surface area contributed by atoms with Crippen molar-refractivity contribution in [3.63, 3.8) is 0 Å². The van der Waals surface area contributed by atoms with E-state index in [1.54, 1.807) is 0 Å². The molecule has 2 radical (unpaired) electrons. The molecule has 0 aromatic carbocycles. The largest absolute Gasteiger partial charge is 0.412 e. The topological polar surface area (TPSA) is 94.5 Å². The van der Waals surface area contributed by atoms with Gasteiger partial charge in [-0.2, -0.15) is 0 Å². The molecule has 0 aliphatic carbocycles. The standard InChI is InChI=1S/Ca.3H2O.Zr/h;3*1H2;. The van der Waals surface area contributed by atoms with E-state index in [1.807, 2.05) is 0 Å². The van der Waals surface area contributed by atoms with Crippen LogP contribution < -0.4 is 0 Å². The summed E-state index contributed by atoms with van der Waals surface area (Å²) < 4.78 is 0. The Kier molecular flexibility index (Phi) is 462. The second kappa shape index (κ2) is 37.1. The normalized spacial score (nSPS) is 0. The van der Waals surface area contributed by atoms with Crippen molar-refractivity contribution in [3.8, 4) is 0 Å². The Bertz CT molecular complexity index is 6.85. The van der Waals surface area contributed by atoms with Crippen LogP contribution in [0.3, 0.4) is 0 Å². The smallest absolute Gasteiger partial charge is 0 e. The molecule has 0 saturated heterocycles. The fourth-order valence-corrected chi connectivity index (χ4v) is 0. The zero-order valence-electron chi connectivity index (χ0n) is 2.71. The molecular weight excluding hydrogens is 179 g/mol. The fraction of sp³-hybridized carbons (Fsp3) is 0. The van der Waals surface area contributed by atoms with Crippen LogP contribution in [0.4, 0.5) is 0 Å². The summed E-state index contributed by atoms with van der Waals surface area (Å²) in [5.74, 6) is 0. The van der Waals surface area contributed by atoms with Crippen molar-refractivity contribution < 1.29 is 42.6 Å². The molecule has 0 spiro atoms. The van der Waals surface area contributed by atoms with Gasteiger partial charge in [0.05, 0.1) is 0 Å². The van der Waals surface area contributed by atoms with Crippen molar-refractivity contribution in [2.24, 2.45) is 0 Å². The molecular formula is H6CaO3Zr. The molecule has 0 heterocycles. The second-order valence-corrected chi connectivity index (χ2v) is 0. The van der Waals surface area contributed by atoms with Gasteiger partial charge in [0.15, 0.2) is 0 Å². The summed E-state index contributed by atoms with van der Waals surface area (Å²) in [7, 11) is 0. The van der Waals surface area contributed by atoms with E-state index in [2.05, 4.69) is 0 Å². The van der Waals surface area contributed by atoms with E-state index in [1.165, 1.54) is 0 Å². The molecule has 0 bridgehead atoms. The van der Waals surface area contributed by atoms with Crippen LogP contribution in [-0.2, 0) is 26.2 Å². The maximum Gasteiger partial charge on any atom is 0 e. The zero-order valence-corrected chi connectivity index (χ0v) is 7.37. The van der Waals surface area contributed by atoms with Gasteiger partial charge in [-0.25, -0.2) is 0 Å². The summed E-state index contributed by atoms with van der Waals surface area (Å²) in [4.78, 5) is 0. The SMILES string of the molecule is O.O.O.[Ca].[Zr]. The van der Waals surface area contributed by atoms with Crippen molar-refractivity contribution in [2.75, 3.05) is 0 Å². The van der Waals surface area contributed by atoms with Gasteiger partial charge < -0.3 is 16.4 Å². The Morgan fingerprint density at radius 3 is 0.600 bits per heavy atom. The van der Waals surface area contributed by atoms with Crippen molar-refractivity contribution in [3.05, 3.63) is 0 Å². The maximum atomic E-state index is 0. The molecule has 0 unspecified atom stereocenters. The first-order chi connectivity index (χ1) is 0. The average Bonchev–Trinajstić information content (AvgIpc) is 0. The molecule has 5 heteroatoms. The Labute approximate surface area is 79.2 Å². The van der Waals surface area contributed by atoms with Crippen LogP contribution in [0.2, 0.25) is 0 Å². The molecule has 30 valence electrons. The molecule has 0 aliphatic heterocycles. The number of hydrogen-bond acceptors (Lipinski definition) is 0. The third kappa shape index (κ3) is 23.8. The minimum atomic E-state index is 0. The fourth-order valence-electron chi connectivity index (χ4n) is 0. The van der Waals surface area contributed by atoms with Crippen LogP contribution in [0.15, 0.2) is 0 Å². The van der Waals surface area contributed by atoms with E-state index in [0.29, 0.717) is 0 Å². The quantitative estimate of drug-likeness (QED) is 0.363. The van der Waals surface area contributed by atoms with Crippen LogP contribution in [-0.4, -0.2) is 54.2 Å². The van der Waals surface area contributed by atoms with Gasteiger partial charge in [0.2, 0.25) is 0 Å². The Hall–Kier alpha value is 2.02. The van der Waals surface area contributed by atoms with Gasteiger partial charge in [0.25, 0.3) is 0 Å². The van der Waals surface area contributed by atoms with Crippen LogP contribution in [0, 0.1) is 0 Å². The van der Waals surface area contributed by atoms with Gasteiger partial charge in [-0.05, 0) is 0 Å². The Morgan fingerprint density at radius 2 is 0.600 bits per heavy atom. The third-order valence-electron chi connectivity index (χ3n) is 0. The average molecular weight is 185 g/mol. The van der Waals surface area contributed by atoms with Crippen LogP contribution in [0.25, 0.3) is 0 Å². The van der Waals surface area contributed by atoms with E-state index >= 15 is 0 Å². The van der Waals surface area contributed by atoms with Gasteiger partial charge in [0, 0.05) is 63.9 Å². The van der Waals surface area contributed by atoms with Gasteiger partial charge in [-0.15, -0.1) is 0 Å². The summed E-state index contributed by atoms with van der Waals surface area (Å²) in [6, 6.07) is 0. The van der Waals surface area contributed by atoms with Crippen molar-refractivity contribution in [2.45, 2.75) is 0 Å². The van der Waals surface area contributed by atoms with Gasteiger partial charge in [-0.3, -0.25) is 0 Å². The molecule has 0 atom stereocenters. The monoisotopic (exact) mass is 184 g/mol. The second-order valence-electron chi connectivity index (χ2n) is 0. The van der Waals surface area contributed by atoms with E-state index in [-0.39, 0.29) is 80.4 Å². The molecule has 0 amide bonds. The third-order valence-corrected chi connectivity index (χ3v) is 0. The summed E-state index contributed by atoms with van der Waals surface area (Å²) in [6.07, 6.45) is 0. The predicted octanol–water partition coefficient (Wildman–Crippen LogP) is -2.86. The molecule has 0 aliphatic rings. The molecule has 0 aromatic rings. The van der Waals surface area contributed by atoms with Crippen molar-refractivity contribution in [1.29, 1.82) is 0 Å². The van der Waals surface area contributed by atoms with E-state index in [0.717, 1.165) is 0 Å². The van der Waals surface area contributed by atoms with Gasteiger partial charge in [-0.1, -0.05) is 0 Å². The first kappa shape index (κ1) is 62.3. The molecule has 0 aromatic heterocycles. The minimum absolute atomic E-state index is 0. The number of hydrogen-bond donors (Lipinski definition) is 0. The molecule has 0 saturated carbocycles. The summed E-state index contributed by atoms with van der Waals surface area (Å²) in [5.41, 5.74) is 0. The maximum absolute atomic E-state index is 0. The molecule has 3 nitrogen and oxygen atoms in total. The molecule has 0 rings (SSSR count). The Balaban J connectivity index is 0. The van der Waals surface area contributed by atoms with Crippen molar-refractivity contribution >= 4 is 37.7 Å². The minimum Gasteiger partial charge on any atom is -0.412 e. The summed E-state index contributed by atoms with van der Waals surface area (Å²) >= 11 is 0. The van der Waals surface area contributed by atoms with Crippen LogP contribution in [0.5, 0.6) is 0 Å². The van der Waals surface area contributed by atoms with Crippen molar-refractivity contribution in [1.82, 2.24) is 0 Å². The van der Waals surface area contributed by atoms with Crippen LogP contribution in [0.1, 0.15) is 0 Å². The van der Waals surface area contributed by atoms with E-state index < -0.39 is 0 Å². The summed E-state index contributed by atoms with van der Waals surface area (Å²) in [6.45, 7) is 0. The predicted molar refractivity (Wildman–Crippen MR) is 16.6 cm³/mol. The zero-order chi connectivity index (χ0) is 0. The first-order valence-corrected chi connectivity index (χ1v) is 0. The van der Waals surface area contributed by atoms with E-state index in [9.17, 15) is 0 Å². The van der Waals surface area contributed by atoms with Gasteiger partial charge >= 0.3 is 0 Å². The number of rotatable bonds is 0. The van der Waals surface area contributed by atoms with E-state index in [4.69, 9.17) is 0 Å². The summed E-state index contributed by atoms with van der Waals surface area (Å²) in [5, 5.41) is 0. The van der Waals surface area contributed by atoms with Gasteiger partial charge in [0.1, 0.15) is 0 Å². The first-order valence-electron chi connectivity index (χ1n) is 0.